The van der Waals surface area contributed by atoms with Crippen molar-refractivity contribution in [3.05, 3.63) is 10.6 Å². The topological polar surface area (TPSA) is 20.3 Å². The van der Waals surface area contributed by atoms with Gasteiger partial charge in [0.15, 0.2) is 0 Å². The SMILES string of the molecule is O=C(/C(Cl)=C/Cl)N1CCCCC1. The Morgan fingerprint density at radius 1 is 1.25 bits per heavy atom. The molecule has 0 aromatic carbocycles. The van der Waals surface area contributed by atoms with Gasteiger partial charge in [-0.15, -0.1) is 0 Å². The summed E-state index contributed by atoms with van der Waals surface area (Å²) in [5.74, 6) is -0.147. The minimum absolute atomic E-state index is 0.110. The molecule has 1 rings (SSSR count). The molecule has 0 unspecified atom stereocenters. The number of halogens is 2. The van der Waals surface area contributed by atoms with Gasteiger partial charge in [-0.25, -0.2) is 0 Å². The van der Waals surface area contributed by atoms with Crippen molar-refractivity contribution in [2.75, 3.05) is 13.1 Å². The summed E-state index contributed by atoms with van der Waals surface area (Å²) in [6.45, 7) is 1.61. The van der Waals surface area contributed by atoms with Crippen molar-refractivity contribution >= 4 is 29.1 Å². The molecular weight excluding hydrogens is 197 g/mol. The van der Waals surface area contributed by atoms with Crippen LogP contribution in [0.5, 0.6) is 0 Å². The smallest absolute Gasteiger partial charge is 0.266 e. The number of likely N-dealkylation sites (tertiary alicyclic amines) is 1. The first-order valence-corrected chi connectivity index (χ1v) is 4.82. The predicted molar refractivity (Wildman–Crippen MR) is 50.2 cm³/mol. The Labute approximate surface area is 82.1 Å². The molecule has 0 atom stereocenters. The van der Waals surface area contributed by atoms with Crippen molar-refractivity contribution in [3.63, 3.8) is 0 Å². The van der Waals surface area contributed by atoms with Crippen molar-refractivity contribution in [1.29, 1.82) is 0 Å². The van der Waals surface area contributed by atoms with Crippen LogP contribution in [0.4, 0.5) is 0 Å². The van der Waals surface area contributed by atoms with Crippen LogP contribution in [-0.4, -0.2) is 23.9 Å². The number of rotatable bonds is 1. The van der Waals surface area contributed by atoms with Gasteiger partial charge in [0.2, 0.25) is 0 Å². The molecule has 0 saturated carbocycles. The van der Waals surface area contributed by atoms with E-state index in [0.29, 0.717) is 0 Å². The Balaban J connectivity index is 2.51. The monoisotopic (exact) mass is 207 g/mol. The Bertz CT molecular complexity index is 197. The highest BCUT2D eigenvalue weighted by Gasteiger charge is 2.18. The van der Waals surface area contributed by atoms with E-state index in [-0.39, 0.29) is 10.9 Å². The molecule has 1 amide bonds. The van der Waals surface area contributed by atoms with E-state index in [1.54, 1.807) is 4.90 Å². The highest BCUT2D eigenvalue weighted by atomic mass is 35.5. The lowest BCUT2D eigenvalue weighted by Crippen LogP contribution is -2.35. The number of hydrogen-bond acceptors (Lipinski definition) is 1. The van der Waals surface area contributed by atoms with Crippen LogP contribution in [-0.2, 0) is 4.79 Å². The van der Waals surface area contributed by atoms with Gasteiger partial charge >= 0.3 is 0 Å². The summed E-state index contributed by atoms with van der Waals surface area (Å²) in [6.07, 6.45) is 3.34. The zero-order chi connectivity index (χ0) is 8.97. The lowest BCUT2D eigenvalue weighted by Gasteiger charge is -2.26. The van der Waals surface area contributed by atoms with Gasteiger partial charge in [0.05, 0.1) is 0 Å². The summed E-state index contributed by atoms with van der Waals surface area (Å²) in [5, 5.41) is 0.110. The first kappa shape index (κ1) is 9.87. The highest BCUT2D eigenvalue weighted by Crippen LogP contribution is 2.14. The Morgan fingerprint density at radius 3 is 2.33 bits per heavy atom. The summed E-state index contributed by atoms with van der Waals surface area (Å²) in [4.78, 5) is 13.1. The zero-order valence-electron chi connectivity index (χ0n) is 6.72. The van der Waals surface area contributed by atoms with Crippen LogP contribution in [0.3, 0.4) is 0 Å². The summed E-state index contributed by atoms with van der Waals surface area (Å²) < 4.78 is 0. The fraction of sp³-hybridized carbons (Fsp3) is 0.625. The van der Waals surface area contributed by atoms with E-state index in [1.807, 2.05) is 0 Å². The molecule has 1 aliphatic rings. The highest BCUT2D eigenvalue weighted by molar-refractivity contribution is 6.46. The fourth-order valence-corrected chi connectivity index (χ4v) is 1.51. The molecule has 1 fully saturated rings. The van der Waals surface area contributed by atoms with Crippen LogP contribution in [0.2, 0.25) is 0 Å². The fourth-order valence-electron chi connectivity index (χ4n) is 1.29. The average molecular weight is 208 g/mol. The van der Waals surface area contributed by atoms with Gasteiger partial charge in [-0.05, 0) is 19.3 Å². The van der Waals surface area contributed by atoms with Gasteiger partial charge in [-0.3, -0.25) is 4.79 Å². The standard InChI is InChI=1S/C8H11Cl2NO/c9-6-7(10)8(12)11-4-2-1-3-5-11/h6H,1-5H2/b7-6-. The van der Waals surface area contributed by atoms with Gasteiger partial charge < -0.3 is 4.90 Å². The molecule has 1 aliphatic heterocycles. The predicted octanol–water partition coefficient (Wildman–Crippen LogP) is 2.32. The molecule has 0 aromatic heterocycles. The van der Waals surface area contributed by atoms with Crippen molar-refractivity contribution in [1.82, 2.24) is 4.90 Å². The van der Waals surface area contributed by atoms with Crippen LogP contribution < -0.4 is 0 Å². The van der Waals surface area contributed by atoms with Gasteiger partial charge in [0, 0.05) is 18.6 Å². The molecule has 12 heavy (non-hydrogen) atoms. The van der Waals surface area contributed by atoms with Crippen LogP contribution in [0, 0.1) is 0 Å². The molecule has 68 valence electrons. The number of carbonyl (C=O) groups excluding carboxylic acids is 1. The van der Waals surface area contributed by atoms with E-state index in [0.717, 1.165) is 31.5 Å². The minimum atomic E-state index is -0.147. The van der Waals surface area contributed by atoms with E-state index in [4.69, 9.17) is 23.2 Å². The average Bonchev–Trinajstić information content (AvgIpc) is 2.17. The number of amides is 1. The molecule has 2 nitrogen and oxygen atoms in total. The van der Waals surface area contributed by atoms with Crippen LogP contribution in [0.25, 0.3) is 0 Å². The molecule has 0 bridgehead atoms. The Hall–Kier alpha value is -0.210. The van der Waals surface area contributed by atoms with Crippen molar-refractivity contribution in [2.45, 2.75) is 19.3 Å². The Morgan fingerprint density at radius 2 is 1.83 bits per heavy atom. The van der Waals surface area contributed by atoms with Crippen LogP contribution in [0.1, 0.15) is 19.3 Å². The largest absolute Gasteiger partial charge is 0.338 e. The van der Waals surface area contributed by atoms with Crippen LogP contribution >= 0.6 is 23.2 Å². The molecule has 0 radical (unpaired) electrons. The van der Waals surface area contributed by atoms with Crippen LogP contribution in [0.15, 0.2) is 10.6 Å². The van der Waals surface area contributed by atoms with Crippen molar-refractivity contribution in [3.8, 4) is 0 Å². The number of nitrogens with zero attached hydrogens (tertiary/aromatic N) is 1. The first-order valence-electron chi connectivity index (χ1n) is 4.01. The van der Waals surface area contributed by atoms with E-state index in [2.05, 4.69) is 0 Å². The first-order chi connectivity index (χ1) is 5.75. The second kappa shape index (κ2) is 4.73. The third kappa shape index (κ3) is 2.39. The quantitative estimate of drug-likeness (QED) is 0.605. The van der Waals surface area contributed by atoms with Gasteiger partial charge in [0.25, 0.3) is 5.91 Å². The lowest BCUT2D eigenvalue weighted by molar-refractivity contribution is -0.127. The van der Waals surface area contributed by atoms with Gasteiger partial charge in [0.1, 0.15) is 5.03 Å². The molecule has 0 aliphatic carbocycles. The number of hydrogen-bond donors (Lipinski definition) is 0. The third-order valence-corrected chi connectivity index (χ3v) is 2.54. The van der Waals surface area contributed by atoms with E-state index >= 15 is 0 Å². The molecule has 0 spiro atoms. The van der Waals surface area contributed by atoms with Crippen molar-refractivity contribution in [2.24, 2.45) is 0 Å². The second-order valence-electron chi connectivity index (χ2n) is 2.81. The molecule has 0 aromatic rings. The zero-order valence-corrected chi connectivity index (χ0v) is 8.24. The summed E-state index contributed by atoms with van der Waals surface area (Å²) in [7, 11) is 0. The number of carbonyl (C=O) groups is 1. The molecule has 4 heteroatoms. The molecule has 0 N–H and O–H groups in total. The van der Waals surface area contributed by atoms with Crippen molar-refractivity contribution < 1.29 is 4.79 Å². The summed E-state index contributed by atoms with van der Waals surface area (Å²) in [5.41, 5.74) is 1.12. The normalized spacial score (nSPS) is 19.5. The Kier molecular flexibility index (Phi) is 3.89. The molecular formula is C8H11Cl2NO. The minimum Gasteiger partial charge on any atom is -0.338 e. The summed E-state index contributed by atoms with van der Waals surface area (Å²) >= 11 is 10.9. The second-order valence-corrected chi connectivity index (χ2v) is 3.44. The van der Waals surface area contributed by atoms with E-state index in [1.165, 1.54) is 6.42 Å². The van der Waals surface area contributed by atoms with E-state index in [9.17, 15) is 4.79 Å². The maximum atomic E-state index is 11.4. The van der Waals surface area contributed by atoms with Gasteiger partial charge in [-0.2, -0.15) is 0 Å². The third-order valence-electron chi connectivity index (χ3n) is 1.94. The lowest BCUT2D eigenvalue weighted by atomic mass is 10.1. The van der Waals surface area contributed by atoms with E-state index < -0.39 is 0 Å². The number of piperidine rings is 1. The molecule has 1 heterocycles. The van der Waals surface area contributed by atoms with Gasteiger partial charge in [-0.1, -0.05) is 23.2 Å². The molecule has 1 saturated heterocycles. The summed E-state index contributed by atoms with van der Waals surface area (Å²) in [6, 6.07) is 0. The maximum absolute atomic E-state index is 11.4. The maximum Gasteiger partial charge on any atom is 0.266 e.